The van der Waals surface area contributed by atoms with Crippen LogP contribution in [0.25, 0.3) is 11.9 Å². The monoisotopic (exact) mass is 510 g/mol. The predicted molar refractivity (Wildman–Crippen MR) is 140 cm³/mol. The van der Waals surface area contributed by atoms with Crippen molar-refractivity contribution in [2.24, 2.45) is 0 Å². The number of aromatic nitrogens is 4. The van der Waals surface area contributed by atoms with Gasteiger partial charge < -0.3 is 20.6 Å². The summed E-state index contributed by atoms with van der Waals surface area (Å²) in [7, 11) is 0. The highest BCUT2D eigenvalue weighted by Gasteiger charge is 2.21. The number of halogens is 2. The molecule has 37 heavy (non-hydrogen) atoms. The molecule has 11 heteroatoms. The summed E-state index contributed by atoms with van der Waals surface area (Å²) in [6.07, 6.45) is 7.25. The van der Waals surface area contributed by atoms with Gasteiger partial charge in [0.1, 0.15) is 17.5 Å². The predicted octanol–water partition coefficient (Wildman–Crippen LogP) is 2.63. The van der Waals surface area contributed by atoms with E-state index >= 15 is 0 Å². The fourth-order valence-corrected chi connectivity index (χ4v) is 4.93. The Labute approximate surface area is 214 Å². The fourth-order valence-electron chi connectivity index (χ4n) is 4.93. The van der Waals surface area contributed by atoms with E-state index in [0.717, 1.165) is 56.3 Å². The van der Waals surface area contributed by atoms with Crippen LogP contribution in [0.2, 0.25) is 0 Å². The summed E-state index contributed by atoms with van der Waals surface area (Å²) >= 11 is 0. The van der Waals surface area contributed by atoms with Crippen LogP contribution >= 0.6 is 0 Å². The van der Waals surface area contributed by atoms with Crippen molar-refractivity contribution >= 4 is 23.5 Å². The van der Waals surface area contributed by atoms with E-state index in [2.05, 4.69) is 26.0 Å². The van der Waals surface area contributed by atoms with E-state index in [1.54, 1.807) is 10.9 Å². The molecule has 2 aliphatic rings. The van der Waals surface area contributed by atoms with Gasteiger partial charge in [-0.05, 0) is 31.9 Å². The summed E-state index contributed by atoms with van der Waals surface area (Å²) in [5.41, 5.74) is 8.49. The zero-order chi connectivity index (χ0) is 25.9. The second-order valence-corrected chi connectivity index (χ2v) is 9.60. The molecule has 9 nitrogen and oxygen atoms in total. The standard InChI is InChI=1S/C26H32F2N8O/c1-18-19(4-2-6-33-8-10-34(11-9-33)22-13-20(27)12-21(28)14-22)16-30-36(18)25-15-24(31-26(29)32-25)35-7-3-5-23(37)17-35/h2,4,12-16,23,37H,3,5-11,17H2,1H3,(H2,29,31,32). The number of rotatable bonds is 6. The van der Waals surface area contributed by atoms with Crippen molar-refractivity contribution in [3.63, 3.8) is 0 Å². The van der Waals surface area contributed by atoms with Crippen LogP contribution in [-0.4, -0.2) is 81.7 Å². The van der Waals surface area contributed by atoms with Gasteiger partial charge in [-0.25, -0.2) is 13.5 Å². The Hall–Kier alpha value is -3.57. The van der Waals surface area contributed by atoms with Gasteiger partial charge in [0.25, 0.3) is 0 Å². The zero-order valence-electron chi connectivity index (χ0n) is 20.9. The van der Waals surface area contributed by atoms with E-state index in [1.807, 2.05) is 28.9 Å². The highest BCUT2D eigenvalue weighted by molar-refractivity contribution is 5.54. The first kappa shape index (κ1) is 25.1. The first-order valence-corrected chi connectivity index (χ1v) is 12.6. The van der Waals surface area contributed by atoms with Crippen molar-refractivity contribution in [3.8, 4) is 5.82 Å². The van der Waals surface area contributed by atoms with Gasteiger partial charge >= 0.3 is 0 Å². The number of aliphatic hydroxyl groups is 1. The van der Waals surface area contributed by atoms with Gasteiger partial charge in [0.2, 0.25) is 5.95 Å². The van der Waals surface area contributed by atoms with Crippen LogP contribution in [0.3, 0.4) is 0 Å². The molecule has 1 unspecified atom stereocenters. The summed E-state index contributed by atoms with van der Waals surface area (Å²) in [6.45, 7) is 7.09. The van der Waals surface area contributed by atoms with Crippen LogP contribution < -0.4 is 15.5 Å². The molecule has 0 saturated carbocycles. The number of hydrogen-bond donors (Lipinski definition) is 2. The number of benzene rings is 1. The number of nitrogens with zero attached hydrogens (tertiary/aromatic N) is 7. The molecule has 3 N–H and O–H groups in total. The second-order valence-electron chi connectivity index (χ2n) is 9.60. The molecule has 196 valence electrons. The molecule has 1 atom stereocenters. The minimum Gasteiger partial charge on any atom is -0.391 e. The van der Waals surface area contributed by atoms with Crippen molar-refractivity contribution < 1.29 is 13.9 Å². The summed E-state index contributed by atoms with van der Waals surface area (Å²) in [5, 5.41) is 14.6. The van der Waals surface area contributed by atoms with E-state index < -0.39 is 11.6 Å². The molecule has 0 aliphatic carbocycles. The number of nitrogen functional groups attached to an aromatic ring is 1. The number of nitrogens with two attached hydrogens (primary N) is 1. The lowest BCUT2D eigenvalue weighted by atomic mass is 10.1. The van der Waals surface area contributed by atoms with Crippen molar-refractivity contribution in [1.82, 2.24) is 24.6 Å². The van der Waals surface area contributed by atoms with Gasteiger partial charge in [-0.3, -0.25) is 4.90 Å². The maximum atomic E-state index is 13.6. The van der Waals surface area contributed by atoms with E-state index in [1.165, 1.54) is 12.1 Å². The minimum atomic E-state index is -0.553. The van der Waals surface area contributed by atoms with Crippen LogP contribution in [0.15, 0.2) is 36.5 Å². The summed E-state index contributed by atoms with van der Waals surface area (Å²) in [4.78, 5) is 15.1. The Bertz CT molecular complexity index is 1250. The van der Waals surface area contributed by atoms with E-state index in [0.29, 0.717) is 37.0 Å². The third-order valence-electron chi connectivity index (χ3n) is 6.95. The van der Waals surface area contributed by atoms with Crippen molar-refractivity contribution in [2.75, 3.05) is 61.3 Å². The molecule has 2 saturated heterocycles. The lowest BCUT2D eigenvalue weighted by Crippen LogP contribution is -2.46. The molecule has 5 rings (SSSR count). The lowest BCUT2D eigenvalue weighted by Gasteiger charge is -2.35. The third kappa shape index (κ3) is 5.89. The number of piperidine rings is 1. The van der Waals surface area contributed by atoms with E-state index in [4.69, 9.17) is 5.73 Å². The molecule has 0 amide bonds. The van der Waals surface area contributed by atoms with Crippen LogP contribution in [-0.2, 0) is 0 Å². The summed E-state index contributed by atoms with van der Waals surface area (Å²) in [6, 6.07) is 5.51. The number of β-amino-alcohol motifs (C(OH)–C–C–N with tert-alkyl or cyclic N) is 1. The first-order valence-electron chi connectivity index (χ1n) is 12.6. The molecule has 0 spiro atoms. The second kappa shape index (κ2) is 10.8. The molecule has 1 aromatic carbocycles. The van der Waals surface area contributed by atoms with Gasteiger partial charge in [0.05, 0.1) is 18.0 Å². The Morgan fingerprint density at radius 2 is 1.73 bits per heavy atom. The SMILES string of the molecule is Cc1c(C=CCN2CCN(c3cc(F)cc(F)c3)CC2)cnn1-c1cc(N2CCCC(O)C2)nc(N)n1. The number of piperazine rings is 1. The molecule has 2 aromatic heterocycles. The normalized spacial score (nSPS) is 19.2. The topological polar surface area (TPSA) is 99.6 Å². The van der Waals surface area contributed by atoms with Crippen LogP contribution in [0.4, 0.5) is 26.2 Å². The Morgan fingerprint density at radius 3 is 2.46 bits per heavy atom. The quantitative estimate of drug-likeness (QED) is 0.522. The van der Waals surface area contributed by atoms with Gasteiger partial charge in [-0.1, -0.05) is 12.2 Å². The average molecular weight is 511 g/mol. The first-order chi connectivity index (χ1) is 17.9. The van der Waals surface area contributed by atoms with Gasteiger partial charge in [-0.2, -0.15) is 15.1 Å². The third-order valence-corrected chi connectivity index (χ3v) is 6.95. The Morgan fingerprint density at radius 1 is 1.00 bits per heavy atom. The average Bonchev–Trinajstić information content (AvgIpc) is 3.23. The van der Waals surface area contributed by atoms with Crippen LogP contribution in [0.5, 0.6) is 0 Å². The molecule has 2 aliphatic heterocycles. The van der Waals surface area contributed by atoms with E-state index in [9.17, 15) is 13.9 Å². The number of aliphatic hydroxyl groups excluding tert-OH is 1. The fraction of sp³-hybridized carbons (Fsp3) is 0.423. The molecule has 0 radical (unpaired) electrons. The van der Waals surface area contributed by atoms with Crippen molar-refractivity contribution in [1.29, 1.82) is 0 Å². The molecular weight excluding hydrogens is 478 g/mol. The highest BCUT2D eigenvalue weighted by Crippen LogP contribution is 2.23. The maximum Gasteiger partial charge on any atom is 0.224 e. The summed E-state index contributed by atoms with van der Waals surface area (Å²) < 4.78 is 28.9. The molecule has 2 fully saturated rings. The van der Waals surface area contributed by atoms with Gasteiger partial charge in [-0.15, -0.1) is 0 Å². The summed E-state index contributed by atoms with van der Waals surface area (Å²) in [5.74, 6) is 0.336. The van der Waals surface area contributed by atoms with Crippen LogP contribution in [0, 0.1) is 18.6 Å². The number of anilines is 3. The van der Waals surface area contributed by atoms with Crippen molar-refractivity contribution in [3.05, 3.63) is 59.4 Å². The largest absolute Gasteiger partial charge is 0.391 e. The lowest BCUT2D eigenvalue weighted by molar-refractivity contribution is 0.154. The Kier molecular flexibility index (Phi) is 7.33. The van der Waals surface area contributed by atoms with Gasteiger partial charge in [0.15, 0.2) is 5.82 Å². The molecule has 0 bridgehead atoms. The van der Waals surface area contributed by atoms with E-state index in [-0.39, 0.29) is 12.1 Å². The maximum absolute atomic E-state index is 13.6. The van der Waals surface area contributed by atoms with Crippen LogP contribution in [0.1, 0.15) is 24.1 Å². The molecular formula is C26H32F2N8O. The minimum absolute atomic E-state index is 0.166. The molecule has 4 heterocycles. The smallest absolute Gasteiger partial charge is 0.224 e. The Balaban J connectivity index is 1.21. The zero-order valence-corrected chi connectivity index (χ0v) is 20.9. The van der Waals surface area contributed by atoms with Gasteiger partial charge in [0, 0.05) is 69.2 Å². The highest BCUT2D eigenvalue weighted by atomic mass is 19.1. The van der Waals surface area contributed by atoms with Crippen molar-refractivity contribution in [2.45, 2.75) is 25.9 Å². The molecule has 3 aromatic rings. The number of hydrogen-bond acceptors (Lipinski definition) is 8.